The molecule has 0 saturated heterocycles. The highest BCUT2D eigenvalue weighted by Gasteiger charge is 2.08. The molecule has 0 amide bonds. The first-order chi connectivity index (χ1) is 13.1. The molecule has 0 radical (unpaired) electrons. The molecule has 0 fully saturated rings. The Morgan fingerprint density at radius 1 is 1.00 bits per heavy atom. The van der Waals surface area contributed by atoms with Gasteiger partial charge in [-0.05, 0) is 54.1 Å². The van der Waals surface area contributed by atoms with Gasteiger partial charge in [-0.15, -0.1) is 5.10 Å². The summed E-state index contributed by atoms with van der Waals surface area (Å²) in [5.74, 6) is 1.55. The molecule has 0 spiro atoms. The number of hydrogen-bond acceptors (Lipinski definition) is 4. The normalized spacial score (nSPS) is 10.9. The number of nitrogens with one attached hydrogen (secondary N) is 1. The van der Waals surface area contributed by atoms with E-state index in [4.69, 9.17) is 27.9 Å². The SMILES string of the molecule is COc1ccc(-c2cnc3ccc(NCc4ccc(Cl)c(Cl)c4)nn23)cc1. The molecule has 4 aromatic rings. The Labute approximate surface area is 166 Å². The van der Waals surface area contributed by atoms with E-state index in [0.717, 1.165) is 34.0 Å². The second kappa shape index (κ2) is 7.47. The molecule has 0 saturated carbocycles. The fourth-order valence-electron chi connectivity index (χ4n) is 2.77. The van der Waals surface area contributed by atoms with E-state index in [9.17, 15) is 0 Å². The van der Waals surface area contributed by atoms with Crippen molar-refractivity contribution in [3.8, 4) is 17.0 Å². The monoisotopic (exact) mass is 398 g/mol. The first-order valence-corrected chi connectivity index (χ1v) is 9.06. The second-order valence-electron chi connectivity index (χ2n) is 5.96. The van der Waals surface area contributed by atoms with Crippen LogP contribution in [0.5, 0.6) is 5.75 Å². The van der Waals surface area contributed by atoms with Crippen LogP contribution in [0.25, 0.3) is 16.9 Å². The molecule has 0 unspecified atom stereocenters. The molecule has 2 aromatic carbocycles. The van der Waals surface area contributed by atoms with Gasteiger partial charge in [-0.3, -0.25) is 0 Å². The summed E-state index contributed by atoms with van der Waals surface area (Å²) in [6, 6.07) is 17.2. The van der Waals surface area contributed by atoms with Crippen molar-refractivity contribution in [3.63, 3.8) is 0 Å². The molecule has 4 rings (SSSR count). The highest BCUT2D eigenvalue weighted by Crippen LogP contribution is 2.24. The van der Waals surface area contributed by atoms with E-state index in [0.29, 0.717) is 16.6 Å². The summed E-state index contributed by atoms with van der Waals surface area (Å²) in [7, 11) is 1.65. The topological polar surface area (TPSA) is 51.5 Å². The number of fused-ring (bicyclic) bond motifs is 1. The Morgan fingerprint density at radius 2 is 1.81 bits per heavy atom. The number of hydrogen-bond donors (Lipinski definition) is 1. The summed E-state index contributed by atoms with van der Waals surface area (Å²) < 4.78 is 7.04. The van der Waals surface area contributed by atoms with E-state index in [2.05, 4.69) is 15.4 Å². The van der Waals surface area contributed by atoms with Crippen molar-refractivity contribution in [3.05, 3.63) is 76.4 Å². The van der Waals surface area contributed by atoms with Crippen molar-refractivity contribution in [1.82, 2.24) is 14.6 Å². The summed E-state index contributed by atoms with van der Waals surface area (Å²) in [5, 5.41) is 9.05. The van der Waals surface area contributed by atoms with Crippen molar-refractivity contribution in [2.45, 2.75) is 6.54 Å². The lowest BCUT2D eigenvalue weighted by Gasteiger charge is -2.08. The molecule has 0 aliphatic rings. The summed E-state index contributed by atoms with van der Waals surface area (Å²) in [5.41, 5.74) is 3.72. The molecule has 0 atom stereocenters. The number of aromatic nitrogens is 3. The van der Waals surface area contributed by atoms with Crippen molar-refractivity contribution < 1.29 is 4.74 Å². The number of anilines is 1. The van der Waals surface area contributed by atoms with Crippen LogP contribution in [0.2, 0.25) is 10.0 Å². The Hall–Kier alpha value is -2.76. The van der Waals surface area contributed by atoms with Gasteiger partial charge < -0.3 is 10.1 Å². The number of benzene rings is 2. The lowest BCUT2D eigenvalue weighted by molar-refractivity contribution is 0.415. The van der Waals surface area contributed by atoms with E-state index in [1.165, 1.54) is 0 Å². The van der Waals surface area contributed by atoms with E-state index in [1.807, 2.05) is 59.2 Å². The third-order valence-electron chi connectivity index (χ3n) is 4.21. The molecule has 0 bridgehead atoms. The smallest absolute Gasteiger partial charge is 0.154 e. The standard InChI is InChI=1S/C20H16Cl2N4O/c1-27-15-5-3-14(4-6-15)18-12-24-20-9-8-19(25-26(18)20)23-11-13-2-7-16(21)17(22)10-13/h2-10,12H,11H2,1H3,(H,23,25). The molecule has 5 nitrogen and oxygen atoms in total. The van der Waals surface area contributed by atoms with Gasteiger partial charge in [-0.1, -0.05) is 29.3 Å². The zero-order chi connectivity index (χ0) is 18.8. The van der Waals surface area contributed by atoms with Gasteiger partial charge in [-0.25, -0.2) is 9.50 Å². The van der Waals surface area contributed by atoms with Gasteiger partial charge in [0.2, 0.25) is 0 Å². The zero-order valence-electron chi connectivity index (χ0n) is 14.5. The highest BCUT2D eigenvalue weighted by atomic mass is 35.5. The van der Waals surface area contributed by atoms with Crippen molar-refractivity contribution >= 4 is 34.7 Å². The average molecular weight is 399 g/mol. The Kier molecular flexibility index (Phi) is 4.88. The molecule has 2 heterocycles. The number of ether oxygens (including phenoxy) is 1. The Morgan fingerprint density at radius 3 is 2.56 bits per heavy atom. The maximum absolute atomic E-state index is 6.07. The van der Waals surface area contributed by atoms with Gasteiger partial charge in [0.05, 0.1) is 29.0 Å². The Bertz CT molecular complexity index is 1090. The fourth-order valence-corrected chi connectivity index (χ4v) is 3.09. The minimum atomic E-state index is 0.538. The van der Waals surface area contributed by atoms with E-state index < -0.39 is 0 Å². The van der Waals surface area contributed by atoms with Crippen molar-refractivity contribution in [2.24, 2.45) is 0 Å². The van der Waals surface area contributed by atoms with Crippen molar-refractivity contribution in [1.29, 1.82) is 0 Å². The molecular weight excluding hydrogens is 383 g/mol. The average Bonchev–Trinajstić information content (AvgIpc) is 3.12. The van der Waals surface area contributed by atoms with Crippen LogP contribution < -0.4 is 10.1 Å². The molecule has 27 heavy (non-hydrogen) atoms. The number of nitrogens with zero attached hydrogens (tertiary/aromatic N) is 3. The van der Waals surface area contributed by atoms with E-state index >= 15 is 0 Å². The first kappa shape index (κ1) is 17.6. The first-order valence-electron chi connectivity index (χ1n) is 8.31. The lowest BCUT2D eigenvalue weighted by atomic mass is 10.1. The van der Waals surface area contributed by atoms with E-state index in [1.54, 1.807) is 13.2 Å². The van der Waals surface area contributed by atoms with Crippen LogP contribution >= 0.6 is 23.2 Å². The number of imidazole rings is 1. The number of halogens is 2. The summed E-state index contributed by atoms with van der Waals surface area (Å²) >= 11 is 12.0. The van der Waals surface area contributed by atoms with Gasteiger partial charge in [0.1, 0.15) is 11.6 Å². The minimum absolute atomic E-state index is 0.538. The molecule has 0 aliphatic heterocycles. The second-order valence-corrected chi connectivity index (χ2v) is 6.78. The third-order valence-corrected chi connectivity index (χ3v) is 4.94. The van der Waals surface area contributed by atoms with Crippen LogP contribution in [0.15, 0.2) is 60.8 Å². The summed E-state index contributed by atoms with van der Waals surface area (Å²) in [6.45, 7) is 0.585. The molecule has 0 aliphatic carbocycles. The minimum Gasteiger partial charge on any atom is -0.497 e. The molecule has 1 N–H and O–H groups in total. The van der Waals surface area contributed by atoms with Crippen LogP contribution in [0, 0.1) is 0 Å². The van der Waals surface area contributed by atoms with Gasteiger partial charge in [0.25, 0.3) is 0 Å². The molecule has 7 heteroatoms. The molecular formula is C20H16Cl2N4O. The summed E-state index contributed by atoms with van der Waals surface area (Å²) in [6.07, 6.45) is 1.81. The van der Waals surface area contributed by atoms with Crippen LogP contribution in [-0.2, 0) is 6.54 Å². The van der Waals surface area contributed by atoms with Crippen molar-refractivity contribution in [2.75, 3.05) is 12.4 Å². The molecule has 2 aromatic heterocycles. The van der Waals surface area contributed by atoms with Gasteiger partial charge in [-0.2, -0.15) is 0 Å². The third kappa shape index (κ3) is 3.70. The summed E-state index contributed by atoms with van der Waals surface area (Å²) in [4.78, 5) is 4.43. The molecule has 136 valence electrons. The predicted octanol–water partition coefficient (Wildman–Crippen LogP) is 5.32. The van der Waals surface area contributed by atoms with Crippen LogP contribution in [0.4, 0.5) is 5.82 Å². The van der Waals surface area contributed by atoms with Crippen LogP contribution in [-0.4, -0.2) is 21.7 Å². The Balaban J connectivity index is 1.60. The maximum Gasteiger partial charge on any atom is 0.154 e. The predicted molar refractivity (Wildman–Crippen MR) is 109 cm³/mol. The van der Waals surface area contributed by atoms with Gasteiger partial charge in [0, 0.05) is 12.1 Å². The fraction of sp³-hybridized carbons (Fsp3) is 0.100. The maximum atomic E-state index is 6.07. The lowest BCUT2D eigenvalue weighted by Crippen LogP contribution is -2.04. The highest BCUT2D eigenvalue weighted by molar-refractivity contribution is 6.42. The number of methoxy groups -OCH3 is 1. The van der Waals surface area contributed by atoms with E-state index in [-0.39, 0.29) is 0 Å². The largest absolute Gasteiger partial charge is 0.497 e. The van der Waals surface area contributed by atoms with Gasteiger partial charge in [0.15, 0.2) is 5.65 Å². The zero-order valence-corrected chi connectivity index (χ0v) is 16.0. The van der Waals surface area contributed by atoms with Crippen LogP contribution in [0.3, 0.4) is 0 Å². The number of rotatable bonds is 5. The quantitative estimate of drug-likeness (QED) is 0.493. The van der Waals surface area contributed by atoms with Gasteiger partial charge >= 0.3 is 0 Å². The van der Waals surface area contributed by atoms with Crippen LogP contribution in [0.1, 0.15) is 5.56 Å².